The van der Waals surface area contributed by atoms with E-state index in [2.05, 4.69) is 20.7 Å². The molecule has 10 heteroatoms. The number of hydrogen-bond acceptors (Lipinski definition) is 6. The van der Waals surface area contributed by atoms with Crippen molar-refractivity contribution in [2.75, 3.05) is 24.4 Å². The Balaban J connectivity index is 1.21. The number of nitrogens with one attached hydrogen (secondary N) is 4. The van der Waals surface area contributed by atoms with Gasteiger partial charge < -0.3 is 20.7 Å². The third-order valence-corrected chi connectivity index (χ3v) is 8.46. The molecule has 5 rings (SSSR count). The van der Waals surface area contributed by atoms with Crippen molar-refractivity contribution in [1.29, 1.82) is 0 Å². The molecule has 39 heavy (non-hydrogen) atoms. The quantitative estimate of drug-likeness (QED) is 0.307. The molecular weight excluding hydrogens is 516 g/mol. The van der Waals surface area contributed by atoms with E-state index in [1.807, 2.05) is 18.2 Å². The zero-order valence-corrected chi connectivity index (χ0v) is 22.3. The number of sulfonamides is 1. The summed E-state index contributed by atoms with van der Waals surface area (Å²) in [5.74, 6) is 0.809. The van der Waals surface area contributed by atoms with Crippen LogP contribution in [-0.4, -0.2) is 45.4 Å². The van der Waals surface area contributed by atoms with Gasteiger partial charge in [-0.15, -0.1) is 0 Å². The molecule has 1 heterocycles. The van der Waals surface area contributed by atoms with Gasteiger partial charge in [-0.2, -0.15) is 0 Å². The van der Waals surface area contributed by atoms with Gasteiger partial charge in [0.2, 0.25) is 5.91 Å². The molecule has 3 aromatic carbocycles. The molecule has 4 N–H and O–H groups in total. The minimum atomic E-state index is -3.96. The molecule has 1 saturated heterocycles. The van der Waals surface area contributed by atoms with Gasteiger partial charge >= 0.3 is 0 Å². The fourth-order valence-electron chi connectivity index (χ4n) is 4.56. The van der Waals surface area contributed by atoms with Crippen LogP contribution in [0.3, 0.4) is 0 Å². The summed E-state index contributed by atoms with van der Waals surface area (Å²) in [6.07, 6.45) is 3.21. The fraction of sp³-hybridized carbons (Fsp3) is 0.310. The number of rotatable bonds is 10. The highest BCUT2D eigenvalue weighted by molar-refractivity contribution is 7.92. The van der Waals surface area contributed by atoms with Crippen molar-refractivity contribution in [3.63, 3.8) is 0 Å². The number of para-hydroxylation sites is 3. The lowest BCUT2D eigenvalue weighted by Gasteiger charge is -2.24. The lowest BCUT2D eigenvalue weighted by Crippen LogP contribution is -2.50. The molecule has 3 aromatic rings. The highest BCUT2D eigenvalue weighted by Gasteiger charge is 2.51. The Morgan fingerprint density at radius 2 is 1.56 bits per heavy atom. The van der Waals surface area contributed by atoms with Crippen LogP contribution in [0.2, 0.25) is 0 Å². The predicted molar refractivity (Wildman–Crippen MR) is 148 cm³/mol. The summed E-state index contributed by atoms with van der Waals surface area (Å²) in [6.45, 7) is 2.52. The molecule has 1 aliphatic heterocycles. The van der Waals surface area contributed by atoms with Gasteiger partial charge in [0.25, 0.3) is 15.9 Å². The smallest absolute Gasteiger partial charge is 0.262 e. The van der Waals surface area contributed by atoms with E-state index in [1.54, 1.807) is 36.4 Å². The Hall–Kier alpha value is -3.89. The summed E-state index contributed by atoms with van der Waals surface area (Å²) >= 11 is 0. The number of carbonyl (C=O) groups is 2. The van der Waals surface area contributed by atoms with Crippen LogP contribution >= 0.6 is 0 Å². The number of carbonyl (C=O) groups excluding carboxylic acids is 2. The van der Waals surface area contributed by atoms with Crippen molar-refractivity contribution in [1.82, 2.24) is 16.0 Å². The van der Waals surface area contributed by atoms with E-state index >= 15 is 0 Å². The largest absolute Gasteiger partial charge is 0.455 e. The van der Waals surface area contributed by atoms with Crippen LogP contribution in [0.1, 0.15) is 36.0 Å². The second-order valence-corrected chi connectivity index (χ2v) is 11.7. The van der Waals surface area contributed by atoms with Crippen molar-refractivity contribution in [3.8, 4) is 11.5 Å². The first-order chi connectivity index (χ1) is 18.8. The van der Waals surface area contributed by atoms with Gasteiger partial charge in [0, 0.05) is 12.1 Å². The standard InChI is InChI=1S/C29H32N4O5S/c34-27(32-29(16-17-29)28(35)31-20-21-14-18-30-19-15-21)22-10-12-24(13-11-22)39(36,37)33-25-8-4-5-9-26(25)38-23-6-2-1-3-7-23/h1-13,21,30,33H,14-20H2,(H,31,35)(H,32,34). The van der Waals surface area contributed by atoms with E-state index in [4.69, 9.17) is 4.74 Å². The molecule has 0 radical (unpaired) electrons. The summed E-state index contributed by atoms with van der Waals surface area (Å²) in [5.41, 5.74) is -0.327. The molecule has 204 valence electrons. The Morgan fingerprint density at radius 1 is 0.897 bits per heavy atom. The summed E-state index contributed by atoms with van der Waals surface area (Å²) in [6, 6.07) is 21.4. The first kappa shape index (κ1) is 26.7. The van der Waals surface area contributed by atoms with Gasteiger partial charge in [-0.05, 0) is 93.2 Å². The van der Waals surface area contributed by atoms with Gasteiger partial charge in [0.15, 0.2) is 5.75 Å². The van der Waals surface area contributed by atoms with Crippen LogP contribution < -0.4 is 25.4 Å². The summed E-state index contributed by atoms with van der Waals surface area (Å²) in [5, 5.41) is 9.17. The summed E-state index contributed by atoms with van der Waals surface area (Å²) in [7, 11) is -3.96. The van der Waals surface area contributed by atoms with E-state index in [0.29, 0.717) is 36.8 Å². The predicted octanol–water partition coefficient (Wildman–Crippen LogP) is 3.66. The first-order valence-corrected chi connectivity index (χ1v) is 14.6. The average Bonchev–Trinajstić information content (AvgIpc) is 3.74. The summed E-state index contributed by atoms with van der Waals surface area (Å²) < 4.78 is 34.6. The SMILES string of the molecule is O=C(NC1(C(=O)NCC2CCNCC2)CC1)c1ccc(S(=O)(=O)Nc2ccccc2Oc2ccccc2)cc1. The molecule has 0 aromatic heterocycles. The van der Waals surface area contributed by atoms with E-state index in [1.165, 1.54) is 24.3 Å². The third kappa shape index (κ3) is 6.58. The van der Waals surface area contributed by atoms with Crippen LogP contribution in [-0.2, 0) is 14.8 Å². The third-order valence-electron chi connectivity index (χ3n) is 7.08. The molecule has 0 bridgehead atoms. The molecule has 1 aliphatic carbocycles. The van der Waals surface area contributed by atoms with Crippen LogP contribution in [0.15, 0.2) is 83.8 Å². The lowest BCUT2D eigenvalue weighted by molar-refractivity contribution is -0.124. The average molecular weight is 549 g/mol. The summed E-state index contributed by atoms with van der Waals surface area (Å²) in [4.78, 5) is 25.7. The lowest BCUT2D eigenvalue weighted by atomic mass is 9.98. The number of anilines is 1. The van der Waals surface area contributed by atoms with Crippen LogP contribution in [0.5, 0.6) is 11.5 Å². The van der Waals surface area contributed by atoms with Crippen molar-refractivity contribution in [3.05, 3.63) is 84.4 Å². The van der Waals surface area contributed by atoms with Crippen molar-refractivity contribution < 1.29 is 22.7 Å². The monoisotopic (exact) mass is 548 g/mol. The Bertz CT molecular complexity index is 1420. The number of ether oxygens (including phenoxy) is 1. The van der Waals surface area contributed by atoms with Crippen LogP contribution in [0.25, 0.3) is 0 Å². The molecular formula is C29H32N4O5S. The number of benzene rings is 3. The van der Waals surface area contributed by atoms with Gasteiger partial charge in [0.05, 0.1) is 10.6 Å². The molecule has 9 nitrogen and oxygen atoms in total. The molecule has 0 spiro atoms. The Labute approximate surface area is 228 Å². The highest BCUT2D eigenvalue weighted by Crippen LogP contribution is 2.36. The van der Waals surface area contributed by atoms with Crippen molar-refractivity contribution >= 4 is 27.5 Å². The van der Waals surface area contributed by atoms with Crippen molar-refractivity contribution in [2.24, 2.45) is 5.92 Å². The number of hydrogen-bond donors (Lipinski definition) is 4. The maximum atomic E-state index is 13.1. The molecule has 1 saturated carbocycles. The molecule has 2 fully saturated rings. The normalized spacial score (nSPS) is 16.6. The minimum Gasteiger partial charge on any atom is -0.455 e. The molecule has 0 atom stereocenters. The fourth-order valence-corrected chi connectivity index (χ4v) is 5.63. The Morgan fingerprint density at radius 3 is 2.26 bits per heavy atom. The zero-order chi connectivity index (χ0) is 27.3. The first-order valence-electron chi connectivity index (χ1n) is 13.1. The van der Waals surface area contributed by atoms with Crippen LogP contribution in [0.4, 0.5) is 5.69 Å². The van der Waals surface area contributed by atoms with Crippen molar-refractivity contribution in [2.45, 2.75) is 36.1 Å². The maximum absolute atomic E-state index is 13.1. The van der Waals surface area contributed by atoms with E-state index < -0.39 is 21.5 Å². The van der Waals surface area contributed by atoms with Crippen LogP contribution in [0, 0.1) is 5.92 Å². The second kappa shape index (κ2) is 11.5. The molecule has 2 aliphatic rings. The van der Waals surface area contributed by atoms with Gasteiger partial charge in [-0.25, -0.2) is 8.42 Å². The molecule has 2 amide bonds. The van der Waals surface area contributed by atoms with Gasteiger partial charge in [-0.3, -0.25) is 14.3 Å². The number of amides is 2. The number of piperidine rings is 1. The Kier molecular flexibility index (Phi) is 7.85. The van der Waals surface area contributed by atoms with Gasteiger partial charge in [0.1, 0.15) is 11.3 Å². The zero-order valence-electron chi connectivity index (χ0n) is 21.5. The maximum Gasteiger partial charge on any atom is 0.262 e. The van der Waals surface area contributed by atoms with E-state index in [0.717, 1.165) is 25.9 Å². The minimum absolute atomic E-state index is 0.00517. The topological polar surface area (TPSA) is 126 Å². The van der Waals surface area contributed by atoms with Gasteiger partial charge in [-0.1, -0.05) is 30.3 Å². The molecule has 0 unspecified atom stereocenters. The van der Waals surface area contributed by atoms with E-state index in [-0.39, 0.29) is 22.1 Å². The van der Waals surface area contributed by atoms with E-state index in [9.17, 15) is 18.0 Å². The highest BCUT2D eigenvalue weighted by atomic mass is 32.2. The second-order valence-electron chi connectivity index (χ2n) is 9.98.